The molecule has 252 valence electrons. The number of fused-ring (bicyclic) bond motifs is 2. The van der Waals surface area contributed by atoms with E-state index in [2.05, 4.69) is 22.6 Å². The molecule has 0 N–H and O–H groups in total. The highest BCUT2D eigenvalue weighted by atomic mass is 127. The molecule has 49 heavy (non-hydrogen) atoms. The number of likely N-dealkylation sites (N-methyl/N-ethyl adjacent to an activating group) is 1. The van der Waals surface area contributed by atoms with Gasteiger partial charge in [-0.2, -0.15) is 0 Å². The van der Waals surface area contributed by atoms with E-state index in [0.717, 1.165) is 31.0 Å². The van der Waals surface area contributed by atoms with Crippen molar-refractivity contribution in [3.63, 3.8) is 0 Å². The highest BCUT2D eigenvalue weighted by Gasteiger charge is 2.36. The maximum atomic E-state index is 14.5. The second-order valence-electron chi connectivity index (χ2n) is 11.4. The molecule has 0 radical (unpaired) electrons. The lowest BCUT2D eigenvalue weighted by Crippen LogP contribution is -2.43. The van der Waals surface area contributed by atoms with Crippen LogP contribution in [0.3, 0.4) is 0 Å². The van der Waals surface area contributed by atoms with Crippen LogP contribution in [0.15, 0.2) is 93.9 Å². The van der Waals surface area contributed by atoms with E-state index in [0.29, 0.717) is 56.0 Å². The van der Waals surface area contributed by atoms with Crippen molar-refractivity contribution < 1.29 is 19.0 Å². The Labute approximate surface area is 307 Å². The Hall–Kier alpha value is -4.13. The number of carbonyl (C=O) groups is 1. The van der Waals surface area contributed by atoms with Gasteiger partial charge in [-0.1, -0.05) is 71.5 Å². The summed E-state index contributed by atoms with van der Waals surface area (Å²) in [5, 5.41) is 2.50. The summed E-state index contributed by atoms with van der Waals surface area (Å²) < 4.78 is 20.7. The first-order valence-electron chi connectivity index (χ1n) is 15.8. The van der Waals surface area contributed by atoms with E-state index < -0.39 is 6.04 Å². The molecule has 2 heterocycles. The van der Waals surface area contributed by atoms with Crippen LogP contribution >= 0.6 is 45.5 Å². The van der Waals surface area contributed by atoms with Gasteiger partial charge >= 0.3 is 0 Å². The topological polar surface area (TPSA) is 82.4 Å². The minimum absolute atomic E-state index is 0.160. The first kappa shape index (κ1) is 34.7. The highest BCUT2D eigenvalue weighted by molar-refractivity contribution is 14.1. The van der Waals surface area contributed by atoms with Crippen LogP contribution in [0, 0.1) is 3.57 Å². The number of allylic oxidation sites excluding steroid dienone is 1. The number of methoxy groups -OCH3 is 2. The lowest BCUT2D eigenvalue weighted by atomic mass is 9.90. The van der Waals surface area contributed by atoms with Gasteiger partial charge in [-0.05, 0) is 90.0 Å². The normalized spacial score (nSPS) is 14.4. The Morgan fingerprint density at radius 1 is 1.02 bits per heavy atom. The molecule has 0 bridgehead atoms. The SMILES string of the molecule is CCN(CC)C(=O)C1=C(C)N=c2s/c(=C/c3cc(I)c(OCc4ccccc4Cl)c(OC)c3)c(=O)n2[C@H]1c1c(OC)ccc2ccccc12. The lowest BCUT2D eigenvalue weighted by molar-refractivity contribution is -0.127. The molecule has 1 aromatic heterocycles. The van der Waals surface area contributed by atoms with Crippen LogP contribution in [0.25, 0.3) is 16.8 Å². The summed E-state index contributed by atoms with van der Waals surface area (Å²) in [4.78, 5) is 35.9. The van der Waals surface area contributed by atoms with Gasteiger partial charge in [0.25, 0.3) is 11.5 Å². The minimum Gasteiger partial charge on any atom is -0.496 e. The fourth-order valence-corrected chi connectivity index (χ4v) is 8.18. The number of carbonyl (C=O) groups excluding carboxylic acids is 1. The molecule has 8 nitrogen and oxygen atoms in total. The largest absolute Gasteiger partial charge is 0.496 e. The van der Waals surface area contributed by atoms with Crippen LogP contribution in [0.5, 0.6) is 17.2 Å². The van der Waals surface area contributed by atoms with Crippen molar-refractivity contribution in [3.8, 4) is 17.2 Å². The molecule has 0 aliphatic carbocycles. The molecule has 11 heteroatoms. The van der Waals surface area contributed by atoms with Crippen molar-refractivity contribution in [2.45, 2.75) is 33.4 Å². The van der Waals surface area contributed by atoms with Gasteiger partial charge in [-0.15, -0.1) is 0 Å². The zero-order chi connectivity index (χ0) is 34.8. The van der Waals surface area contributed by atoms with Gasteiger partial charge in [0.15, 0.2) is 16.3 Å². The van der Waals surface area contributed by atoms with E-state index in [1.54, 1.807) is 23.7 Å². The summed E-state index contributed by atoms with van der Waals surface area (Å²) in [6.45, 7) is 7.05. The van der Waals surface area contributed by atoms with Crippen LogP contribution in [0.1, 0.15) is 43.5 Å². The Morgan fingerprint density at radius 3 is 2.45 bits per heavy atom. The molecular weight excluding hydrogens is 773 g/mol. The third-order valence-corrected chi connectivity index (χ3v) is 10.8. The zero-order valence-corrected chi connectivity index (χ0v) is 31.5. The number of hydrogen-bond donors (Lipinski definition) is 0. The molecule has 5 aromatic rings. The fourth-order valence-electron chi connectivity index (χ4n) is 6.16. The molecule has 4 aromatic carbocycles. The van der Waals surface area contributed by atoms with E-state index in [9.17, 15) is 9.59 Å². The maximum absolute atomic E-state index is 14.5. The second kappa shape index (κ2) is 14.8. The zero-order valence-electron chi connectivity index (χ0n) is 27.8. The summed E-state index contributed by atoms with van der Waals surface area (Å²) in [5.41, 5.74) is 3.13. The van der Waals surface area contributed by atoms with Gasteiger partial charge in [0.2, 0.25) is 0 Å². The fraction of sp³-hybridized carbons (Fsp3) is 0.237. The van der Waals surface area contributed by atoms with E-state index in [4.69, 9.17) is 30.8 Å². The molecule has 0 spiro atoms. The van der Waals surface area contributed by atoms with Gasteiger partial charge in [-0.3, -0.25) is 14.2 Å². The number of rotatable bonds is 10. The molecule has 1 atom stereocenters. The molecular formula is C38H35ClIN3O5S. The van der Waals surface area contributed by atoms with Crippen LogP contribution < -0.4 is 29.1 Å². The Bertz CT molecular complexity index is 2290. The summed E-state index contributed by atoms with van der Waals surface area (Å²) >= 11 is 9.84. The summed E-state index contributed by atoms with van der Waals surface area (Å²) in [7, 11) is 3.19. The third-order valence-electron chi connectivity index (χ3n) is 8.61. The van der Waals surface area contributed by atoms with Crippen LogP contribution in [-0.4, -0.2) is 42.7 Å². The number of aromatic nitrogens is 1. The molecule has 1 aliphatic heterocycles. The van der Waals surface area contributed by atoms with E-state index in [1.165, 1.54) is 11.3 Å². The number of hydrogen-bond acceptors (Lipinski definition) is 7. The molecule has 6 rings (SSSR count). The number of halogens is 2. The first-order valence-corrected chi connectivity index (χ1v) is 18.1. The second-order valence-corrected chi connectivity index (χ2v) is 14.0. The van der Waals surface area contributed by atoms with Crippen molar-refractivity contribution >= 4 is 68.3 Å². The predicted octanol–water partition coefficient (Wildman–Crippen LogP) is 7.11. The molecule has 1 amide bonds. The summed E-state index contributed by atoms with van der Waals surface area (Å²) in [6, 6.07) is 22.4. The van der Waals surface area contributed by atoms with Crippen molar-refractivity contribution in [1.29, 1.82) is 0 Å². The molecule has 0 saturated carbocycles. The van der Waals surface area contributed by atoms with Crippen molar-refractivity contribution in [1.82, 2.24) is 9.47 Å². The Kier molecular flexibility index (Phi) is 10.5. The minimum atomic E-state index is -0.761. The summed E-state index contributed by atoms with van der Waals surface area (Å²) in [6.07, 6.45) is 1.83. The average molecular weight is 808 g/mol. The van der Waals surface area contributed by atoms with Gasteiger partial charge in [-0.25, -0.2) is 4.99 Å². The van der Waals surface area contributed by atoms with E-state index >= 15 is 0 Å². The molecule has 0 fully saturated rings. The number of amides is 1. The van der Waals surface area contributed by atoms with Crippen LogP contribution in [0.2, 0.25) is 5.02 Å². The Balaban J connectivity index is 1.52. The van der Waals surface area contributed by atoms with Crippen molar-refractivity contribution in [2.75, 3.05) is 27.3 Å². The summed E-state index contributed by atoms with van der Waals surface area (Å²) in [5.74, 6) is 1.54. The lowest BCUT2D eigenvalue weighted by Gasteiger charge is -2.30. The number of ether oxygens (including phenoxy) is 3. The van der Waals surface area contributed by atoms with Crippen LogP contribution in [-0.2, 0) is 11.4 Å². The van der Waals surface area contributed by atoms with Gasteiger partial charge in [0.1, 0.15) is 18.4 Å². The first-order chi connectivity index (χ1) is 23.7. The predicted molar refractivity (Wildman–Crippen MR) is 204 cm³/mol. The smallest absolute Gasteiger partial charge is 0.271 e. The highest BCUT2D eigenvalue weighted by Crippen LogP contribution is 2.41. The average Bonchev–Trinajstić information content (AvgIpc) is 3.40. The maximum Gasteiger partial charge on any atom is 0.271 e. The van der Waals surface area contributed by atoms with E-state index in [-0.39, 0.29) is 18.1 Å². The van der Waals surface area contributed by atoms with Gasteiger partial charge < -0.3 is 19.1 Å². The van der Waals surface area contributed by atoms with Crippen molar-refractivity contribution in [2.24, 2.45) is 4.99 Å². The van der Waals surface area contributed by atoms with Crippen LogP contribution in [0.4, 0.5) is 0 Å². The quantitative estimate of drug-likeness (QED) is 0.141. The van der Waals surface area contributed by atoms with E-state index in [1.807, 2.05) is 99.6 Å². The van der Waals surface area contributed by atoms with Gasteiger partial charge in [0.05, 0.1) is 33.6 Å². The molecule has 0 saturated heterocycles. The number of thiazole rings is 1. The third kappa shape index (κ3) is 6.61. The monoisotopic (exact) mass is 807 g/mol. The standard InChI is InChI=1S/C38H35ClIN3O5S/c1-6-42(7-2)37(45)32-22(3)41-38-43(34(32)33-26-14-10-8-12-24(26)16-17-29(33)46-4)36(44)31(49-38)20-23-18-28(40)35(30(19-23)47-5)48-21-25-13-9-11-15-27(25)39/h8-20,34H,6-7,21H2,1-5H3/b31-20+/t34-/m1/s1. The Morgan fingerprint density at radius 2 is 1.73 bits per heavy atom. The number of nitrogens with zero attached hydrogens (tertiary/aromatic N) is 3. The molecule has 1 aliphatic rings. The van der Waals surface area contributed by atoms with Crippen molar-refractivity contribution in [3.05, 3.63) is 129 Å². The molecule has 0 unspecified atom stereocenters. The number of benzene rings is 4. The van der Waals surface area contributed by atoms with Gasteiger partial charge in [0, 0.05) is 29.2 Å².